The third-order valence-corrected chi connectivity index (χ3v) is 5.23. The molecule has 26 heavy (non-hydrogen) atoms. The van der Waals surface area contributed by atoms with Crippen molar-refractivity contribution >= 4 is 51.9 Å². The highest BCUT2D eigenvalue weighted by Crippen LogP contribution is 2.37. The summed E-state index contributed by atoms with van der Waals surface area (Å²) in [5.41, 5.74) is 5.24. The molecule has 0 spiro atoms. The molecule has 1 fully saturated rings. The Labute approximate surface area is 155 Å². The molecule has 11 nitrogen and oxygen atoms in total. The largest absolute Gasteiger partial charge is 0.477 e. The second-order valence-electron chi connectivity index (χ2n) is 5.09. The third-order valence-electron chi connectivity index (χ3n) is 3.51. The van der Waals surface area contributed by atoms with Crippen LogP contribution in [0.3, 0.4) is 0 Å². The van der Waals surface area contributed by atoms with E-state index in [0.29, 0.717) is 5.75 Å². The summed E-state index contributed by atoms with van der Waals surface area (Å²) >= 11 is 2.24. The van der Waals surface area contributed by atoms with Crippen LogP contribution in [0.15, 0.2) is 16.9 Å². The molecule has 2 aliphatic heterocycles. The average molecular weight is 398 g/mol. The van der Waals surface area contributed by atoms with Gasteiger partial charge in [-0.15, -0.1) is 11.8 Å². The minimum atomic E-state index is -1.19. The van der Waals surface area contributed by atoms with Gasteiger partial charge in [-0.1, -0.05) is 5.16 Å². The minimum absolute atomic E-state index is 0.00973. The molecule has 1 unspecified atom stereocenters. The lowest BCUT2D eigenvalue weighted by Gasteiger charge is -2.48. The van der Waals surface area contributed by atoms with Crippen molar-refractivity contribution in [3.8, 4) is 0 Å². The molecule has 138 valence electrons. The summed E-state index contributed by atoms with van der Waals surface area (Å²) < 4.78 is 3.92. The van der Waals surface area contributed by atoms with Crippen molar-refractivity contribution in [3.63, 3.8) is 0 Å². The summed E-state index contributed by atoms with van der Waals surface area (Å²) in [5, 5.41) is 15.1. The molecular weight excluding hydrogens is 384 g/mol. The molecule has 2 aliphatic rings. The Morgan fingerprint density at radius 2 is 2.35 bits per heavy atom. The van der Waals surface area contributed by atoms with E-state index in [-0.39, 0.29) is 29.0 Å². The molecule has 3 rings (SSSR count). The molecule has 0 saturated carbocycles. The van der Waals surface area contributed by atoms with Gasteiger partial charge in [-0.05, 0) is 13.0 Å². The van der Waals surface area contributed by atoms with Crippen LogP contribution in [0.1, 0.15) is 12.7 Å². The highest BCUT2D eigenvalue weighted by Gasteiger charge is 2.53. The summed E-state index contributed by atoms with van der Waals surface area (Å²) in [6.45, 7) is 1.91. The van der Waals surface area contributed by atoms with E-state index in [0.717, 1.165) is 16.4 Å². The molecule has 1 aromatic rings. The van der Waals surface area contributed by atoms with Crippen molar-refractivity contribution in [3.05, 3.63) is 17.6 Å². The number of aliphatic carboxylic acids is 1. The van der Waals surface area contributed by atoms with Gasteiger partial charge >= 0.3 is 5.97 Å². The summed E-state index contributed by atoms with van der Waals surface area (Å²) in [6.07, 6.45) is 1.46. The number of fused-ring (bicyclic) bond motifs is 1. The van der Waals surface area contributed by atoms with Gasteiger partial charge in [0.25, 0.3) is 11.8 Å². The zero-order valence-corrected chi connectivity index (χ0v) is 15.0. The number of hydrogen-bond donors (Lipinski definition) is 3. The van der Waals surface area contributed by atoms with Crippen molar-refractivity contribution in [2.45, 2.75) is 18.3 Å². The number of amides is 2. The average Bonchev–Trinajstić information content (AvgIpc) is 3.05. The lowest BCUT2D eigenvalue weighted by atomic mass is 10.0. The van der Waals surface area contributed by atoms with Crippen LogP contribution in [0.5, 0.6) is 0 Å². The van der Waals surface area contributed by atoms with Crippen LogP contribution < -0.4 is 11.1 Å². The molecule has 0 bridgehead atoms. The van der Waals surface area contributed by atoms with Gasteiger partial charge in [-0.2, -0.15) is 9.36 Å². The van der Waals surface area contributed by atoms with E-state index in [4.69, 9.17) is 15.7 Å². The van der Waals surface area contributed by atoms with E-state index in [1.165, 1.54) is 17.8 Å². The number of nitrogens with zero attached hydrogens (tertiary/aromatic N) is 4. The fourth-order valence-corrected chi connectivity index (χ4v) is 4.02. The topological polar surface area (TPSA) is 160 Å². The maximum Gasteiger partial charge on any atom is 0.352 e. The Bertz CT molecular complexity index is 822. The van der Waals surface area contributed by atoms with Crippen molar-refractivity contribution < 1.29 is 24.3 Å². The van der Waals surface area contributed by atoms with Crippen LogP contribution in [0.25, 0.3) is 0 Å². The number of hydrogen-bond acceptors (Lipinski definition) is 10. The molecule has 1 saturated heterocycles. The first kappa shape index (κ1) is 18.1. The van der Waals surface area contributed by atoms with Gasteiger partial charge in [0.1, 0.15) is 23.7 Å². The summed E-state index contributed by atoms with van der Waals surface area (Å²) in [4.78, 5) is 46.0. The molecular formula is C13H14N6O5S2. The number of carbonyl (C=O) groups excluding carboxylic acids is 2. The highest BCUT2D eigenvalue weighted by molar-refractivity contribution is 8.00. The molecule has 0 radical (unpaired) electrons. The predicted octanol–water partition coefficient (Wildman–Crippen LogP) is -0.771. The van der Waals surface area contributed by atoms with E-state index in [1.807, 2.05) is 0 Å². The first-order valence-corrected chi connectivity index (χ1v) is 9.24. The second kappa shape index (κ2) is 7.29. The normalized spacial score (nSPS) is 22.2. The number of carboxylic acids is 1. The van der Waals surface area contributed by atoms with Gasteiger partial charge in [-0.25, -0.2) is 4.79 Å². The predicted molar refractivity (Wildman–Crippen MR) is 93.2 cm³/mol. The zero-order valence-electron chi connectivity index (χ0n) is 13.4. The van der Waals surface area contributed by atoms with Crippen LogP contribution in [0.4, 0.5) is 5.13 Å². The second-order valence-corrected chi connectivity index (χ2v) is 7.02. The molecule has 2 amide bonds. The third kappa shape index (κ3) is 3.22. The number of thioether (sulfide) groups is 1. The monoisotopic (exact) mass is 398 g/mol. The van der Waals surface area contributed by atoms with Gasteiger partial charge in [0.2, 0.25) is 11.5 Å². The number of anilines is 1. The Hall–Kier alpha value is -2.67. The number of rotatable bonds is 6. The molecule has 4 N–H and O–H groups in total. The molecule has 0 aromatic carbocycles. The Morgan fingerprint density at radius 1 is 1.58 bits per heavy atom. The van der Waals surface area contributed by atoms with Crippen LogP contribution in [-0.2, 0) is 19.2 Å². The molecule has 3 heterocycles. The van der Waals surface area contributed by atoms with Gasteiger partial charge in [-0.3, -0.25) is 14.5 Å². The van der Waals surface area contributed by atoms with Crippen molar-refractivity contribution in [2.24, 2.45) is 5.16 Å². The van der Waals surface area contributed by atoms with E-state index >= 15 is 0 Å². The molecule has 1 aromatic heterocycles. The van der Waals surface area contributed by atoms with E-state index in [2.05, 4.69) is 19.8 Å². The molecule has 13 heteroatoms. The lowest BCUT2D eigenvalue weighted by molar-refractivity contribution is -0.150. The number of carbonyl (C=O) groups is 3. The summed E-state index contributed by atoms with van der Waals surface area (Å²) in [7, 11) is 0. The summed E-state index contributed by atoms with van der Waals surface area (Å²) in [5.74, 6) is -1.99. The lowest BCUT2D eigenvalue weighted by Crippen LogP contribution is -2.70. The quantitative estimate of drug-likeness (QED) is 0.317. The number of aromatic nitrogens is 2. The summed E-state index contributed by atoms with van der Waals surface area (Å²) in [6, 6.07) is -0.877. The first-order valence-electron chi connectivity index (χ1n) is 7.42. The van der Waals surface area contributed by atoms with Crippen molar-refractivity contribution in [1.29, 1.82) is 0 Å². The Balaban J connectivity index is 1.76. The van der Waals surface area contributed by atoms with Crippen molar-refractivity contribution in [1.82, 2.24) is 19.6 Å². The van der Waals surface area contributed by atoms with Gasteiger partial charge in [0.15, 0.2) is 5.13 Å². The Kier molecular flexibility index (Phi) is 5.08. The van der Waals surface area contributed by atoms with E-state index in [9.17, 15) is 14.4 Å². The first-order chi connectivity index (χ1) is 12.4. The number of carboxylic acid groups (broad SMARTS) is 1. The standard InChI is InChI=1S/C13H14N6O5S2/c1-2-24-17-6(8-16-13(14)26-18-8)9(20)15-7-10(21)19-5(12(22)23)3-4-25-11(7)19/h3,7,11H,2,4H2,1H3,(H,15,20)(H,22,23)(H2,14,16,18)/b17-6-/t7?,11-/m1/s1. The van der Waals surface area contributed by atoms with Crippen LogP contribution in [0, 0.1) is 0 Å². The van der Waals surface area contributed by atoms with Crippen LogP contribution >= 0.6 is 23.3 Å². The number of oxime groups is 1. The number of nitrogen functional groups attached to an aromatic ring is 1. The number of nitrogens with two attached hydrogens (primary N) is 1. The smallest absolute Gasteiger partial charge is 0.352 e. The van der Waals surface area contributed by atoms with Crippen LogP contribution in [-0.4, -0.2) is 66.6 Å². The van der Waals surface area contributed by atoms with Gasteiger partial charge in [0, 0.05) is 17.3 Å². The maximum atomic E-state index is 12.5. The minimum Gasteiger partial charge on any atom is -0.477 e. The number of β-lactam (4-membered cyclic amide) rings is 1. The molecule has 2 atom stereocenters. The fraction of sp³-hybridized carbons (Fsp3) is 0.385. The van der Waals surface area contributed by atoms with Crippen molar-refractivity contribution in [2.75, 3.05) is 18.1 Å². The molecule has 0 aliphatic carbocycles. The van der Waals surface area contributed by atoms with Gasteiger partial charge < -0.3 is 21.0 Å². The van der Waals surface area contributed by atoms with Crippen LogP contribution in [0.2, 0.25) is 0 Å². The van der Waals surface area contributed by atoms with E-state index in [1.54, 1.807) is 6.92 Å². The van der Waals surface area contributed by atoms with Gasteiger partial charge in [0.05, 0.1) is 0 Å². The SMILES string of the molecule is CCO/N=C(\C(=O)NC1C(=O)N2C(C(=O)O)=CCS[C@H]12)c1nsc(N)n1. The highest BCUT2D eigenvalue weighted by atomic mass is 32.2. The maximum absolute atomic E-state index is 12.5. The van der Waals surface area contributed by atoms with E-state index < -0.39 is 29.2 Å². The fourth-order valence-electron chi connectivity index (χ4n) is 2.39. The Morgan fingerprint density at radius 3 is 2.96 bits per heavy atom. The zero-order chi connectivity index (χ0) is 18.8. The number of nitrogens with one attached hydrogen (secondary N) is 1.